The molecule has 3 aliphatic heterocycles. The Morgan fingerprint density at radius 1 is 1.06 bits per heavy atom. The van der Waals surface area contributed by atoms with Gasteiger partial charge in [-0.15, -0.1) is 10.2 Å². The Morgan fingerprint density at radius 3 is 2.44 bits per heavy atom. The predicted molar refractivity (Wildman–Crippen MR) is 118 cm³/mol. The van der Waals surface area contributed by atoms with Crippen molar-refractivity contribution >= 4 is 23.5 Å². The Balaban J connectivity index is 1.18. The molecule has 4 fully saturated rings. The molecule has 0 bridgehead atoms. The van der Waals surface area contributed by atoms with Gasteiger partial charge in [-0.05, 0) is 49.4 Å². The first-order valence-electron chi connectivity index (χ1n) is 11.8. The summed E-state index contributed by atoms with van der Waals surface area (Å²) in [4.78, 5) is 17.9. The number of carbonyl (C=O) groups is 1. The molecule has 4 heterocycles. The van der Waals surface area contributed by atoms with Crippen molar-refractivity contribution in [2.45, 2.75) is 50.5 Å². The number of halogens is 4. The fourth-order valence-corrected chi connectivity index (χ4v) is 6.20. The van der Waals surface area contributed by atoms with Gasteiger partial charge in [-0.1, -0.05) is 11.6 Å². The molecular weight excluding hydrogens is 469 g/mol. The first-order valence-corrected chi connectivity index (χ1v) is 12.1. The molecule has 34 heavy (non-hydrogen) atoms. The van der Waals surface area contributed by atoms with Crippen molar-refractivity contribution < 1.29 is 18.0 Å². The van der Waals surface area contributed by atoms with Gasteiger partial charge < -0.3 is 9.80 Å². The summed E-state index contributed by atoms with van der Waals surface area (Å²) in [6.07, 6.45) is -2.09. The number of fused-ring (bicyclic) bond motifs is 3. The summed E-state index contributed by atoms with van der Waals surface area (Å²) in [5.74, 6) is 1.67. The molecule has 0 N–H and O–H groups in total. The van der Waals surface area contributed by atoms with E-state index in [9.17, 15) is 18.0 Å². The van der Waals surface area contributed by atoms with E-state index >= 15 is 0 Å². The molecule has 180 valence electrons. The fourth-order valence-electron chi connectivity index (χ4n) is 6.00. The van der Waals surface area contributed by atoms with E-state index in [0.717, 1.165) is 50.3 Å². The van der Waals surface area contributed by atoms with E-state index in [-0.39, 0.29) is 43.2 Å². The number of hydrogen-bond acceptors (Lipinski definition) is 5. The predicted octanol–water partition coefficient (Wildman–Crippen LogP) is 3.39. The second-order valence-electron chi connectivity index (χ2n) is 10.7. The lowest BCUT2D eigenvalue weighted by Crippen LogP contribution is -2.73. The average molecular weight is 493 g/mol. The van der Waals surface area contributed by atoms with Crippen molar-refractivity contribution in [1.29, 1.82) is 0 Å². The van der Waals surface area contributed by atoms with Crippen LogP contribution in [-0.4, -0.2) is 68.4 Å². The van der Waals surface area contributed by atoms with Crippen LogP contribution in [0.1, 0.15) is 37.1 Å². The van der Waals surface area contributed by atoms with E-state index in [2.05, 4.69) is 15.1 Å². The Bertz CT molecular complexity index is 1190. The highest BCUT2D eigenvalue weighted by atomic mass is 35.5. The van der Waals surface area contributed by atoms with E-state index in [1.54, 1.807) is 12.1 Å². The summed E-state index contributed by atoms with van der Waals surface area (Å²) < 4.78 is 43.8. The van der Waals surface area contributed by atoms with Gasteiger partial charge in [0.2, 0.25) is 11.9 Å². The lowest BCUT2D eigenvalue weighted by atomic mass is 9.73. The number of likely N-dealkylation sites (tertiary alicyclic amines) is 1. The summed E-state index contributed by atoms with van der Waals surface area (Å²) in [7, 11) is 0. The zero-order valence-corrected chi connectivity index (χ0v) is 19.2. The van der Waals surface area contributed by atoms with E-state index in [0.29, 0.717) is 16.8 Å². The first-order chi connectivity index (χ1) is 16.2. The number of nitrogens with zero attached hydrogens (tertiary/aromatic N) is 6. The van der Waals surface area contributed by atoms with Gasteiger partial charge in [-0.3, -0.25) is 14.3 Å². The number of amides is 1. The van der Waals surface area contributed by atoms with Crippen LogP contribution in [0.25, 0.3) is 5.69 Å². The highest BCUT2D eigenvalue weighted by molar-refractivity contribution is 6.30. The molecule has 7 nitrogen and oxygen atoms in total. The summed E-state index contributed by atoms with van der Waals surface area (Å²) in [5.41, 5.74) is -0.203. The second kappa shape index (κ2) is 6.66. The largest absolute Gasteiger partial charge is 0.406 e. The van der Waals surface area contributed by atoms with Gasteiger partial charge in [0.25, 0.3) is 0 Å². The maximum Gasteiger partial charge on any atom is 0.406 e. The molecule has 0 unspecified atom stereocenters. The smallest absolute Gasteiger partial charge is 0.341 e. The fraction of sp³-hybridized carbons (Fsp3) is 0.609. The van der Waals surface area contributed by atoms with E-state index in [1.165, 1.54) is 4.90 Å². The third-order valence-corrected chi connectivity index (χ3v) is 8.41. The number of alkyl halides is 3. The maximum absolute atomic E-state index is 14.0. The summed E-state index contributed by atoms with van der Waals surface area (Å²) >= 11 is 6.25. The van der Waals surface area contributed by atoms with Gasteiger partial charge in [-0.25, -0.2) is 0 Å². The Morgan fingerprint density at radius 2 is 1.79 bits per heavy atom. The van der Waals surface area contributed by atoms with Gasteiger partial charge in [0.1, 0.15) is 5.54 Å². The Kier molecular flexibility index (Phi) is 4.11. The lowest BCUT2D eigenvalue weighted by molar-refractivity contribution is -0.200. The van der Waals surface area contributed by atoms with Gasteiger partial charge in [-0.2, -0.15) is 13.2 Å². The van der Waals surface area contributed by atoms with E-state index < -0.39 is 11.7 Å². The second-order valence-corrected chi connectivity index (χ2v) is 11.2. The van der Waals surface area contributed by atoms with Crippen LogP contribution in [0, 0.1) is 11.3 Å². The minimum Gasteiger partial charge on any atom is -0.341 e. The minimum atomic E-state index is -4.30. The summed E-state index contributed by atoms with van der Waals surface area (Å²) in [6, 6.07) is 5.35. The van der Waals surface area contributed by atoms with Crippen molar-refractivity contribution in [1.82, 2.24) is 24.6 Å². The number of hydrogen-bond donors (Lipinski definition) is 0. The van der Waals surface area contributed by atoms with Crippen molar-refractivity contribution in [3.8, 4) is 5.69 Å². The van der Waals surface area contributed by atoms with Crippen molar-refractivity contribution in [3.05, 3.63) is 34.6 Å². The van der Waals surface area contributed by atoms with Gasteiger partial charge in [0.15, 0.2) is 5.82 Å². The highest BCUT2D eigenvalue weighted by Crippen LogP contribution is 2.55. The van der Waals surface area contributed by atoms with E-state index in [1.807, 2.05) is 15.5 Å². The number of anilines is 1. The third kappa shape index (κ3) is 2.97. The third-order valence-electron chi connectivity index (χ3n) is 8.17. The molecule has 2 saturated carbocycles. The maximum atomic E-state index is 14.0. The molecule has 7 rings (SSSR count). The first kappa shape index (κ1) is 21.0. The molecule has 2 saturated heterocycles. The molecule has 2 aliphatic carbocycles. The number of aromatic nitrogens is 3. The van der Waals surface area contributed by atoms with E-state index in [4.69, 9.17) is 11.6 Å². The number of benzene rings is 1. The molecule has 1 amide bonds. The molecule has 1 aromatic carbocycles. The van der Waals surface area contributed by atoms with Gasteiger partial charge in [0, 0.05) is 49.1 Å². The number of rotatable bonds is 3. The molecule has 1 spiro atoms. The molecular formula is C23H24ClF3N6O. The van der Waals surface area contributed by atoms with Crippen LogP contribution in [-0.2, 0) is 17.9 Å². The minimum absolute atomic E-state index is 0.0709. The number of carbonyl (C=O) groups excluding carboxylic acids is 1. The SMILES string of the molecule is O=C(C1CC1)N1CC2(C1)CN(c1nnc3n1-c1ccc(Cl)cc1CN(C1(C(F)(F)F)CC1)C3)C2. The van der Waals surface area contributed by atoms with Crippen LogP contribution in [0.15, 0.2) is 18.2 Å². The van der Waals surface area contributed by atoms with Crippen LogP contribution in [0.2, 0.25) is 5.02 Å². The highest BCUT2D eigenvalue weighted by Gasteiger charge is 2.67. The Labute approximate surface area is 199 Å². The van der Waals surface area contributed by atoms with Crippen LogP contribution in [0.4, 0.5) is 19.1 Å². The lowest BCUT2D eigenvalue weighted by Gasteiger charge is -2.60. The monoisotopic (exact) mass is 492 g/mol. The topological polar surface area (TPSA) is 57.5 Å². The molecule has 1 aromatic heterocycles. The molecule has 0 atom stereocenters. The van der Waals surface area contributed by atoms with Crippen molar-refractivity contribution in [3.63, 3.8) is 0 Å². The summed E-state index contributed by atoms with van der Waals surface area (Å²) in [6.45, 7) is 3.29. The van der Waals surface area contributed by atoms with Gasteiger partial charge in [0.05, 0.1) is 12.2 Å². The quantitative estimate of drug-likeness (QED) is 0.657. The van der Waals surface area contributed by atoms with Crippen LogP contribution in [0.5, 0.6) is 0 Å². The van der Waals surface area contributed by atoms with Crippen molar-refractivity contribution in [2.24, 2.45) is 11.3 Å². The van der Waals surface area contributed by atoms with Gasteiger partial charge >= 0.3 is 6.18 Å². The van der Waals surface area contributed by atoms with Crippen LogP contribution >= 0.6 is 11.6 Å². The average Bonchev–Trinajstić information content (AvgIpc) is 3.62. The Hall–Kier alpha value is -2.33. The van der Waals surface area contributed by atoms with Crippen LogP contribution < -0.4 is 4.90 Å². The molecule has 0 radical (unpaired) electrons. The normalized spacial score (nSPS) is 24.7. The molecule has 2 aromatic rings. The zero-order chi connectivity index (χ0) is 23.5. The molecule has 5 aliphatic rings. The van der Waals surface area contributed by atoms with Crippen LogP contribution in [0.3, 0.4) is 0 Å². The van der Waals surface area contributed by atoms with Crippen molar-refractivity contribution in [2.75, 3.05) is 31.1 Å². The summed E-state index contributed by atoms with van der Waals surface area (Å²) in [5, 5.41) is 9.25. The molecule has 11 heteroatoms. The standard InChI is InChI=1S/C23H24ClF3N6O/c24-16-3-4-17-15(7-16)8-32(22(5-6-22)23(25,26)27)9-18-28-29-20(33(17)18)31-12-21(13-31)10-30(11-21)19(34)14-1-2-14/h3-4,7,14H,1-2,5-6,8-13H2. The zero-order valence-electron chi connectivity index (χ0n) is 18.5.